The molecule has 2 aromatic heterocycles. The highest BCUT2D eigenvalue weighted by molar-refractivity contribution is 7.98. The van der Waals surface area contributed by atoms with Gasteiger partial charge in [-0.05, 0) is 30.3 Å². The molecule has 2 aromatic carbocycles. The van der Waals surface area contributed by atoms with Gasteiger partial charge in [0.15, 0.2) is 16.6 Å². The molecule has 0 bridgehead atoms. The number of ether oxygens (including phenoxy) is 2. The number of thiazole rings is 1. The van der Waals surface area contributed by atoms with Gasteiger partial charge in [0.1, 0.15) is 0 Å². The number of nitrogens with zero attached hydrogens (tertiary/aromatic N) is 3. The minimum absolute atomic E-state index is 0.429. The monoisotopic (exact) mass is 426 g/mol. The van der Waals surface area contributed by atoms with Gasteiger partial charge in [-0.25, -0.2) is 4.98 Å². The lowest BCUT2D eigenvalue weighted by molar-refractivity contribution is 0.355. The van der Waals surface area contributed by atoms with Crippen LogP contribution < -0.4 is 14.8 Å². The van der Waals surface area contributed by atoms with Crippen molar-refractivity contribution < 1.29 is 13.9 Å². The van der Waals surface area contributed by atoms with Crippen LogP contribution in [0.15, 0.2) is 63.6 Å². The number of para-hydroxylation sites is 1. The van der Waals surface area contributed by atoms with Gasteiger partial charge in [0, 0.05) is 22.4 Å². The normalized spacial score (nSPS) is 10.7. The Morgan fingerprint density at radius 3 is 2.66 bits per heavy atom. The van der Waals surface area contributed by atoms with Crippen molar-refractivity contribution in [2.24, 2.45) is 0 Å². The van der Waals surface area contributed by atoms with Gasteiger partial charge in [-0.15, -0.1) is 21.5 Å². The highest BCUT2D eigenvalue weighted by Crippen LogP contribution is 2.33. The molecule has 0 fully saturated rings. The third kappa shape index (κ3) is 4.69. The van der Waals surface area contributed by atoms with E-state index in [4.69, 9.17) is 13.9 Å². The van der Waals surface area contributed by atoms with E-state index in [9.17, 15) is 0 Å². The minimum atomic E-state index is 0.429. The fourth-order valence-electron chi connectivity index (χ4n) is 2.57. The Morgan fingerprint density at radius 2 is 1.86 bits per heavy atom. The van der Waals surface area contributed by atoms with E-state index in [0.717, 1.165) is 22.1 Å². The first kappa shape index (κ1) is 19.3. The van der Waals surface area contributed by atoms with E-state index < -0.39 is 0 Å². The Balaban J connectivity index is 1.39. The Labute approximate surface area is 176 Å². The van der Waals surface area contributed by atoms with Crippen molar-refractivity contribution in [2.75, 3.05) is 19.5 Å². The van der Waals surface area contributed by atoms with Crippen molar-refractivity contribution in [1.29, 1.82) is 0 Å². The largest absolute Gasteiger partial charge is 0.493 e. The summed E-state index contributed by atoms with van der Waals surface area (Å²) in [6.07, 6.45) is 0. The number of methoxy groups -OCH3 is 2. The van der Waals surface area contributed by atoms with Crippen molar-refractivity contribution in [3.8, 4) is 23.0 Å². The van der Waals surface area contributed by atoms with Gasteiger partial charge >= 0.3 is 0 Å². The molecule has 0 atom stereocenters. The summed E-state index contributed by atoms with van der Waals surface area (Å²) >= 11 is 3.01. The molecule has 4 rings (SSSR count). The summed E-state index contributed by atoms with van der Waals surface area (Å²) in [6, 6.07) is 15.4. The molecule has 0 unspecified atom stereocenters. The molecule has 0 radical (unpaired) electrons. The predicted octanol–water partition coefficient (Wildman–Crippen LogP) is 5.25. The maximum Gasteiger partial charge on any atom is 0.277 e. The summed E-state index contributed by atoms with van der Waals surface area (Å²) in [5.74, 6) is 2.32. The highest BCUT2D eigenvalue weighted by atomic mass is 32.2. The molecule has 7 nitrogen and oxygen atoms in total. The zero-order valence-electron chi connectivity index (χ0n) is 15.8. The van der Waals surface area contributed by atoms with Crippen LogP contribution in [-0.4, -0.2) is 29.4 Å². The van der Waals surface area contributed by atoms with Gasteiger partial charge in [0.05, 0.1) is 19.9 Å². The molecule has 0 aliphatic carbocycles. The van der Waals surface area contributed by atoms with E-state index in [2.05, 4.69) is 20.5 Å². The summed E-state index contributed by atoms with van der Waals surface area (Å²) in [7, 11) is 3.18. The second-order valence-corrected chi connectivity index (χ2v) is 7.65. The Morgan fingerprint density at radius 1 is 1.03 bits per heavy atom. The van der Waals surface area contributed by atoms with Gasteiger partial charge in [0.25, 0.3) is 5.22 Å². The molecule has 0 amide bonds. The quantitative estimate of drug-likeness (QED) is 0.383. The van der Waals surface area contributed by atoms with Crippen LogP contribution >= 0.6 is 23.1 Å². The lowest BCUT2D eigenvalue weighted by atomic mass is 10.2. The second-order valence-electron chi connectivity index (χ2n) is 5.87. The second kappa shape index (κ2) is 8.97. The van der Waals surface area contributed by atoms with Crippen LogP contribution in [-0.2, 0) is 5.75 Å². The summed E-state index contributed by atoms with van der Waals surface area (Å²) < 4.78 is 16.3. The van der Waals surface area contributed by atoms with Crippen molar-refractivity contribution in [2.45, 2.75) is 11.0 Å². The molecular formula is C20H18N4O3S2. The molecule has 0 aliphatic rings. The fourth-order valence-corrected chi connectivity index (χ4v) is 4.06. The fraction of sp³-hybridized carbons (Fsp3) is 0.150. The molecule has 2 heterocycles. The maximum atomic E-state index is 5.77. The van der Waals surface area contributed by atoms with Gasteiger partial charge in [-0.1, -0.05) is 30.0 Å². The number of aromatic nitrogens is 3. The van der Waals surface area contributed by atoms with Crippen LogP contribution in [0.4, 0.5) is 10.8 Å². The van der Waals surface area contributed by atoms with E-state index in [0.29, 0.717) is 28.4 Å². The number of rotatable bonds is 8. The minimum Gasteiger partial charge on any atom is -0.493 e. The summed E-state index contributed by atoms with van der Waals surface area (Å²) in [5.41, 5.74) is 2.73. The van der Waals surface area contributed by atoms with Crippen molar-refractivity contribution >= 4 is 33.9 Å². The molecule has 9 heteroatoms. The van der Waals surface area contributed by atoms with E-state index >= 15 is 0 Å². The van der Waals surface area contributed by atoms with Crippen molar-refractivity contribution in [3.63, 3.8) is 0 Å². The summed E-state index contributed by atoms with van der Waals surface area (Å²) in [6.45, 7) is 0. The van der Waals surface area contributed by atoms with E-state index in [1.54, 1.807) is 25.6 Å². The first-order valence-corrected chi connectivity index (χ1v) is 10.6. The van der Waals surface area contributed by atoms with Crippen LogP contribution in [0.5, 0.6) is 11.5 Å². The van der Waals surface area contributed by atoms with Crippen molar-refractivity contribution in [1.82, 2.24) is 15.2 Å². The lowest BCUT2D eigenvalue weighted by Gasteiger charge is -2.07. The number of hydrogen-bond acceptors (Lipinski definition) is 9. The van der Waals surface area contributed by atoms with Gasteiger partial charge in [-0.3, -0.25) is 0 Å². The number of nitrogens with one attached hydrogen (secondary N) is 1. The average molecular weight is 427 g/mol. The third-order valence-corrected chi connectivity index (χ3v) is 5.62. The van der Waals surface area contributed by atoms with Crippen LogP contribution in [0.1, 0.15) is 5.69 Å². The maximum absolute atomic E-state index is 5.77. The van der Waals surface area contributed by atoms with Crippen LogP contribution in [0.3, 0.4) is 0 Å². The topological polar surface area (TPSA) is 82.3 Å². The Bertz CT molecular complexity index is 1080. The predicted molar refractivity (Wildman–Crippen MR) is 114 cm³/mol. The van der Waals surface area contributed by atoms with Gasteiger partial charge < -0.3 is 19.2 Å². The van der Waals surface area contributed by atoms with E-state index in [-0.39, 0.29) is 0 Å². The number of benzene rings is 2. The Kier molecular flexibility index (Phi) is 5.97. The molecule has 4 aromatic rings. The average Bonchev–Trinajstić information content (AvgIpc) is 3.42. The Hall–Kier alpha value is -3.04. The lowest BCUT2D eigenvalue weighted by Crippen LogP contribution is -1.90. The molecule has 0 aliphatic heterocycles. The molecule has 1 N–H and O–H groups in total. The third-order valence-electron chi connectivity index (χ3n) is 3.96. The smallest absolute Gasteiger partial charge is 0.277 e. The van der Waals surface area contributed by atoms with E-state index in [1.807, 2.05) is 53.9 Å². The molecule has 148 valence electrons. The van der Waals surface area contributed by atoms with Crippen LogP contribution in [0.25, 0.3) is 11.5 Å². The zero-order valence-corrected chi connectivity index (χ0v) is 17.4. The summed E-state index contributed by atoms with van der Waals surface area (Å²) in [5, 5.41) is 14.9. The molecule has 0 spiro atoms. The van der Waals surface area contributed by atoms with E-state index in [1.165, 1.54) is 11.8 Å². The van der Waals surface area contributed by atoms with Gasteiger partial charge in [-0.2, -0.15) is 0 Å². The number of hydrogen-bond donors (Lipinski definition) is 1. The molecule has 0 saturated carbocycles. The molecule has 0 saturated heterocycles. The number of anilines is 2. The number of thioether (sulfide) groups is 1. The first-order valence-electron chi connectivity index (χ1n) is 8.70. The standard InChI is InChI=1S/C20H18N4O3S2/c1-25-16-9-8-13(10-17(16)26-2)18-23-24-20(27-18)29-12-15-11-28-19(22-15)21-14-6-4-3-5-7-14/h3-11H,12H2,1-2H3,(H,21,22). The van der Waals surface area contributed by atoms with Crippen molar-refractivity contribution in [3.05, 3.63) is 59.6 Å². The highest BCUT2D eigenvalue weighted by Gasteiger charge is 2.13. The summed E-state index contributed by atoms with van der Waals surface area (Å²) in [4.78, 5) is 4.59. The van der Waals surface area contributed by atoms with Crippen LogP contribution in [0.2, 0.25) is 0 Å². The van der Waals surface area contributed by atoms with Crippen LogP contribution in [0, 0.1) is 0 Å². The SMILES string of the molecule is COc1ccc(-c2nnc(SCc3csc(Nc4ccccc4)n3)o2)cc1OC. The molecule has 29 heavy (non-hydrogen) atoms. The first-order chi connectivity index (χ1) is 14.2. The zero-order chi connectivity index (χ0) is 20.1. The van der Waals surface area contributed by atoms with Gasteiger partial charge in [0.2, 0.25) is 5.89 Å². The molecular weight excluding hydrogens is 408 g/mol.